The number of phenols is 1. The molecule has 88 valence electrons. The Morgan fingerprint density at radius 2 is 2.18 bits per heavy atom. The van der Waals surface area contributed by atoms with Crippen molar-refractivity contribution >= 4 is 29.0 Å². The Balaban J connectivity index is 2.38. The maximum atomic E-state index is 11.3. The molecule has 2 amide bonds. The molecular formula is C11H9NO4S. The predicted octanol–water partition coefficient (Wildman–Crippen LogP) is 1.72. The summed E-state index contributed by atoms with van der Waals surface area (Å²) in [5, 5.41) is 11.1. The number of amides is 2. The van der Waals surface area contributed by atoms with Gasteiger partial charge in [-0.1, -0.05) is 0 Å². The summed E-state index contributed by atoms with van der Waals surface area (Å²) in [5.41, 5.74) is 0.623. The molecule has 5 nitrogen and oxygen atoms in total. The maximum absolute atomic E-state index is 11.3. The lowest BCUT2D eigenvalue weighted by molar-refractivity contribution is -0.115. The van der Waals surface area contributed by atoms with Crippen LogP contribution in [0.15, 0.2) is 23.1 Å². The summed E-state index contributed by atoms with van der Waals surface area (Å²) < 4.78 is 5.07. The lowest BCUT2D eigenvalue weighted by atomic mass is 10.1. The molecule has 1 heterocycles. The monoisotopic (exact) mass is 251 g/mol. The highest BCUT2D eigenvalue weighted by molar-refractivity contribution is 8.18. The van der Waals surface area contributed by atoms with Gasteiger partial charge in [-0.2, -0.15) is 0 Å². The van der Waals surface area contributed by atoms with Gasteiger partial charge in [-0.15, -0.1) is 0 Å². The molecule has 1 aliphatic rings. The molecule has 0 aliphatic carbocycles. The Hall–Kier alpha value is -1.95. The molecule has 6 heteroatoms. The number of thioether (sulfide) groups is 1. The summed E-state index contributed by atoms with van der Waals surface area (Å²) in [4.78, 5) is 22.6. The summed E-state index contributed by atoms with van der Waals surface area (Å²) in [6, 6.07) is 4.53. The zero-order valence-corrected chi connectivity index (χ0v) is 9.71. The molecule has 1 aromatic carbocycles. The van der Waals surface area contributed by atoms with Crippen molar-refractivity contribution in [2.75, 3.05) is 7.11 Å². The van der Waals surface area contributed by atoms with Gasteiger partial charge in [0.25, 0.3) is 11.1 Å². The smallest absolute Gasteiger partial charge is 0.290 e. The molecule has 0 atom stereocenters. The Kier molecular flexibility index (Phi) is 3.06. The summed E-state index contributed by atoms with van der Waals surface area (Å²) in [6.07, 6.45) is 1.54. The Labute approximate surface area is 101 Å². The highest BCUT2D eigenvalue weighted by atomic mass is 32.2. The molecule has 17 heavy (non-hydrogen) atoms. The van der Waals surface area contributed by atoms with Gasteiger partial charge in [-0.25, -0.2) is 0 Å². The van der Waals surface area contributed by atoms with Crippen molar-refractivity contribution in [2.24, 2.45) is 0 Å². The largest absolute Gasteiger partial charge is 0.508 e. The number of ether oxygens (including phenoxy) is 1. The number of carbonyl (C=O) groups excluding carboxylic acids is 2. The van der Waals surface area contributed by atoms with Crippen LogP contribution in [0.3, 0.4) is 0 Å². The highest BCUT2D eigenvalue weighted by Gasteiger charge is 2.25. The molecule has 0 saturated carbocycles. The molecule has 2 N–H and O–H groups in total. The van der Waals surface area contributed by atoms with Crippen molar-refractivity contribution < 1.29 is 19.4 Å². The minimum absolute atomic E-state index is 0.0728. The molecule has 1 fully saturated rings. The van der Waals surface area contributed by atoms with Crippen LogP contribution in [0.1, 0.15) is 5.56 Å². The van der Waals surface area contributed by atoms with E-state index in [0.717, 1.165) is 11.8 Å². The number of benzene rings is 1. The minimum Gasteiger partial charge on any atom is -0.508 e. The highest BCUT2D eigenvalue weighted by Crippen LogP contribution is 2.30. The second-order valence-corrected chi connectivity index (χ2v) is 4.29. The predicted molar refractivity (Wildman–Crippen MR) is 63.8 cm³/mol. The third-order valence-corrected chi connectivity index (χ3v) is 2.96. The van der Waals surface area contributed by atoms with Gasteiger partial charge >= 0.3 is 0 Å². The molecule has 0 radical (unpaired) electrons. The van der Waals surface area contributed by atoms with E-state index in [2.05, 4.69) is 5.32 Å². The van der Waals surface area contributed by atoms with Crippen molar-refractivity contribution in [2.45, 2.75) is 0 Å². The van der Waals surface area contributed by atoms with Crippen LogP contribution in [0.5, 0.6) is 11.5 Å². The van der Waals surface area contributed by atoms with Gasteiger partial charge in [-0.3, -0.25) is 14.9 Å². The van der Waals surface area contributed by atoms with E-state index in [1.807, 2.05) is 0 Å². The number of methoxy groups -OCH3 is 1. The van der Waals surface area contributed by atoms with Gasteiger partial charge in [0, 0.05) is 11.6 Å². The molecule has 0 unspecified atom stereocenters. The van der Waals surface area contributed by atoms with E-state index in [4.69, 9.17) is 4.74 Å². The third kappa shape index (κ3) is 2.42. The zero-order chi connectivity index (χ0) is 12.4. The molecule has 1 aliphatic heterocycles. The number of imide groups is 1. The molecule has 1 saturated heterocycles. The minimum atomic E-state index is -0.421. The summed E-state index contributed by atoms with van der Waals surface area (Å²) in [7, 11) is 1.46. The Bertz CT molecular complexity index is 524. The first-order valence-corrected chi connectivity index (χ1v) is 5.53. The number of carbonyl (C=O) groups is 2. The van der Waals surface area contributed by atoms with Gasteiger partial charge in [0.1, 0.15) is 11.5 Å². The van der Waals surface area contributed by atoms with Gasteiger partial charge < -0.3 is 9.84 Å². The lowest BCUT2D eigenvalue weighted by Gasteiger charge is -2.05. The van der Waals surface area contributed by atoms with E-state index < -0.39 is 5.91 Å². The van der Waals surface area contributed by atoms with Gasteiger partial charge in [0.15, 0.2) is 0 Å². The number of nitrogens with one attached hydrogen (secondary N) is 1. The molecule has 2 rings (SSSR count). The van der Waals surface area contributed by atoms with Crippen LogP contribution in [0, 0.1) is 0 Å². The van der Waals surface area contributed by atoms with E-state index in [1.165, 1.54) is 19.2 Å². The molecule has 1 aromatic rings. The van der Waals surface area contributed by atoms with Crippen LogP contribution in [-0.4, -0.2) is 23.4 Å². The first-order valence-electron chi connectivity index (χ1n) is 4.72. The van der Waals surface area contributed by atoms with Crippen LogP contribution < -0.4 is 10.1 Å². The van der Waals surface area contributed by atoms with Gasteiger partial charge in [-0.05, 0) is 30.0 Å². The topological polar surface area (TPSA) is 75.6 Å². The molecule has 0 aromatic heterocycles. The van der Waals surface area contributed by atoms with Crippen molar-refractivity contribution in [3.8, 4) is 11.5 Å². The normalized spacial score (nSPS) is 17.4. The average molecular weight is 251 g/mol. The fourth-order valence-corrected chi connectivity index (χ4v) is 2.05. The summed E-state index contributed by atoms with van der Waals surface area (Å²) in [5.74, 6) is 0.0870. The van der Waals surface area contributed by atoms with Crippen molar-refractivity contribution in [3.63, 3.8) is 0 Å². The van der Waals surface area contributed by atoms with Crippen LogP contribution in [0.25, 0.3) is 6.08 Å². The van der Waals surface area contributed by atoms with Crippen LogP contribution >= 0.6 is 11.8 Å². The molecule has 0 spiro atoms. The molecular weight excluding hydrogens is 242 g/mol. The Morgan fingerprint density at radius 1 is 1.41 bits per heavy atom. The van der Waals surface area contributed by atoms with Crippen molar-refractivity contribution in [3.05, 3.63) is 28.7 Å². The fourth-order valence-electron chi connectivity index (χ4n) is 1.38. The maximum Gasteiger partial charge on any atom is 0.290 e. The van der Waals surface area contributed by atoms with Crippen LogP contribution in [0.4, 0.5) is 4.79 Å². The van der Waals surface area contributed by atoms with E-state index in [1.54, 1.807) is 12.1 Å². The van der Waals surface area contributed by atoms with Gasteiger partial charge in [0.2, 0.25) is 0 Å². The van der Waals surface area contributed by atoms with Crippen LogP contribution in [0.2, 0.25) is 0 Å². The number of aromatic hydroxyl groups is 1. The number of hydrogen-bond acceptors (Lipinski definition) is 5. The van der Waals surface area contributed by atoms with E-state index >= 15 is 0 Å². The first kappa shape index (κ1) is 11.5. The van der Waals surface area contributed by atoms with Crippen LogP contribution in [-0.2, 0) is 4.79 Å². The second-order valence-electron chi connectivity index (χ2n) is 3.28. The van der Waals surface area contributed by atoms with E-state index in [0.29, 0.717) is 16.2 Å². The number of hydrogen-bond donors (Lipinski definition) is 2. The van der Waals surface area contributed by atoms with Gasteiger partial charge in [0.05, 0.1) is 12.0 Å². The third-order valence-electron chi connectivity index (χ3n) is 2.15. The SMILES string of the molecule is COc1cc(O)ccc1/C=C1\SC(=O)NC1=O. The average Bonchev–Trinajstić information content (AvgIpc) is 2.60. The molecule has 0 bridgehead atoms. The van der Waals surface area contributed by atoms with E-state index in [-0.39, 0.29) is 11.0 Å². The fraction of sp³-hybridized carbons (Fsp3) is 0.0909. The first-order chi connectivity index (χ1) is 8.10. The standard InChI is InChI=1S/C11H9NO4S/c1-16-8-5-7(13)3-2-6(8)4-9-10(14)12-11(15)17-9/h2-5,13H,1H3,(H,12,14,15)/b9-4-. The Morgan fingerprint density at radius 3 is 2.76 bits per heavy atom. The lowest BCUT2D eigenvalue weighted by Crippen LogP contribution is -2.17. The second kappa shape index (κ2) is 4.50. The van der Waals surface area contributed by atoms with Crippen molar-refractivity contribution in [1.82, 2.24) is 5.32 Å². The zero-order valence-electron chi connectivity index (χ0n) is 8.89. The number of rotatable bonds is 2. The summed E-state index contributed by atoms with van der Waals surface area (Å²) >= 11 is 0.835. The number of phenolic OH excluding ortho intramolecular Hbond substituents is 1. The summed E-state index contributed by atoms with van der Waals surface area (Å²) in [6.45, 7) is 0. The van der Waals surface area contributed by atoms with Crippen molar-refractivity contribution in [1.29, 1.82) is 0 Å². The van der Waals surface area contributed by atoms with E-state index in [9.17, 15) is 14.7 Å². The quantitative estimate of drug-likeness (QED) is 0.783.